The molecule has 0 atom stereocenters. The average Bonchev–Trinajstić information content (AvgIpc) is 2.61. The number of hydrogen-bond donors (Lipinski definition) is 2. The van der Waals surface area contributed by atoms with Crippen molar-refractivity contribution in [3.8, 4) is 0 Å². The molecule has 0 saturated heterocycles. The second kappa shape index (κ2) is 8.94. The normalized spacial score (nSPS) is 10.3. The van der Waals surface area contributed by atoms with Crippen LogP contribution in [-0.4, -0.2) is 32.0 Å². The van der Waals surface area contributed by atoms with E-state index in [1.165, 1.54) is 0 Å². The zero-order valence-corrected chi connectivity index (χ0v) is 14.7. The summed E-state index contributed by atoms with van der Waals surface area (Å²) in [6, 6.07) is 10.1. The highest BCUT2D eigenvalue weighted by molar-refractivity contribution is 5.95. The highest BCUT2D eigenvalue weighted by atomic mass is 19.1. The second-order valence-electron chi connectivity index (χ2n) is 5.74. The molecule has 0 saturated carbocycles. The van der Waals surface area contributed by atoms with Crippen LogP contribution < -0.4 is 15.5 Å². The summed E-state index contributed by atoms with van der Waals surface area (Å²) in [5.41, 5.74) is 1.37. The summed E-state index contributed by atoms with van der Waals surface area (Å²) in [5.74, 6) is -2.67. The minimum absolute atomic E-state index is 0.0302. The van der Waals surface area contributed by atoms with Gasteiger partial charge in [0.05, 0.1) is 5.56 Å². The Morgan fingerprint density at radius 2 is 1.88 bits per heavy atom. The lowest BCUT2D eigenvalue weighted by molar-refractivity contribution is -0.116. The lowest BCUT2D eigenvalue weighted by Crippen LogP contribution is -2.28. The summed E-state index contributed by atoms with van der Waals surface area (Å²) in [7, 11) is 1.95. The minimum atomic E-state index is -0.941. The molecule has 0 aliphatic rings. The SMILES string of the molecule is CCN(C)c1cccc(NC(=O)CCNC(=O)c2ccc(F)cc2F)c1. The average molecular weight is 361 g/mol. The molecule has 0 aliphatic heterocycles. The molecule has 26 heavy (non-hydrogen) atoms. The van der Waals surface area contributed by atoms with Crippen molar-refractivity contribution < 1.29 is 18.4 Å². The van der Waals surface area contributed by atoms with Crippen LogP contribution in [0, 0.1) is 11.6 Å². The molecule has 2 rings (SSSR count). The third-order valence-corrected chi connectivity index (χ3v) is 3.86. The summed E-state index contributed by atoms with van der Waals surface area (Å²) in [5, 5.41) is 5.20. The lowest BCUT2D eigenvalue weighted by atomic mass is 10.2. The van der Waals surface area contributed by atoms with Crippen molar-refractivity contribution >= 4 is 23.2 Å². The van der Waals surface area contributed by atoms with Gasteiger partial charge >= 0.3 is 0 Å². The van der Waals surface area contributed by atoms with Crippen LogP contribution in [-0.2, 0) is 4.79 Å². The van der Waals surface area contributed by atoms with Gasteiger partial charge in [-0.25, -0.2) is 8.78 Å². The van der Waals surface area contributed by atoms with Crippen LogP contribution in [0.2, 0.25) is 0 Å². The first-order valence-electron chi connectivity index (χ1n) is 8.25. The summed E-state index contributed by atoms with van der Waals surface area (Å²) in [4.78, 5) is 25.9. The van der Waals surface area contributed by atoms with Crippen LogP contribution in [0.25, 0.3) is 0 Å². The van der Waals surface area contributed by atoms with Gasteiger partial charge in [0, 0.05) is 44.0 Å². The molecule has 0 aliphatic carbocycles. The molecule has 0 unspecified atom stereocenters. The van der Waals surface area contributed by atoms with E-state index >= 15 is 0 Å². The van der Waals surface area contributed by atoms with Crippen molar-refractivity contribution in [1.82, 2.24) is 5.32 Å². The van der Waals surface area contributed by atoms with E-state index in [1.807, 2.05) is 37.1 Å². The lowest BCUT2D eigenvalue weighted by Gasteiger charge is -2.17. The molecule has 0 spiro atoms. The predicted molar refractivity (Wildman–Crippen MR) is 97.3 cm³/mol. The van der Waals surface area contributed by atoms with Crippen LogP contribution in [0.4, 0.5) is 20.2 Å². The third kappa shape index (κ3) is 5.27. The van der Waals surface area contributed by atoms with E-state index in [0.29, 0.717) is 11.8 Å². The molecule has 2 amide bonds. The van der Waals surface area contributed by atoms with Gasteiger partial charge in [-0.1, -0.05) is 6.07 Å². The van der Waals surface area contributed by atoms with Gasteiger partial charge in [-0.3, -0.25) is 9.59 Å². The Kier molecular flexibility index (Phi) is 6.66. The molecule has 0 heterocycles. The van der Waals surface area contributed by atoms with Crippen molar-refractivity contribution in [3.63, 3.8) is 0 Å². The van der Waals surface area contributed by atoms with E-state index in [0.717, 1.165) is 24.4 Å². The minimum Gasteiger partial charge on any atom is -0.375 e. The summed E-state index contributed by atoms with van der Waals surface area (Å²) in [6.07, 6.45) is 0.0302. The van der Waals surface area contributed by atoms with E-state index in [2.05, 4.69) is 10.6 Å². The fraction of sp³-hybridized carbons (Fsp3) is 0.263. The Bertz CT molecular complexity index is 796. The van der Waals surface area contributed by atoms with Gasteiger partial charge in [0.2, 0.25) is 5.91 Å². The number of hydrogen-bond acceptors (Lipinski definition) is 3. The van der Waals surface area contributed by atoms with Crippen LogP contribution in [0.3, 0.4) is 0 Å². The molecular formula is C19H21F2N3O2. The van der Waals surface area contributed by atoms with Gasteiger partial charge in [0.25, 0.3) is 5.91 Å². The third-order valence-electron chi connectivity index (χ3n) is 3.86. The van der Waals surface area contributed by atoms with E-state index in [4.69, 9.17) is 0 Å². The standard InChI is InChI=1S/C19H21F2N3O2/c1-3-24(2)15-6-4-5-14(12-15)23-18(25)9-10-22-19(26)16-8-7-13(20)11-17(16)21/h4-8,11-12H,3,9-10H2,1-2H3,(H,22,26)(H,23,25). The highest BCUT2D eigenvalue weighted by Gasteiger charge is 2.12. The fourth-order valence-corrected chi connectivity index (χ4v) is 2.29. The van der Waals surface area contributed by atoms with Gasteiger partial charge in [-0.2, -0.15) is 0 Å². The van der Waals surface area contributed by atoms with Gasteiger partial charge in [0.1, 0.15) is 11.6 Å². The van der Waals surface area contributed by atoms with E-state index in [-0.39, 0.29) is 24.4 Å². The maximum Gasteiger partial charge on any atom is 0.254 e. The monoisotopic (exact) mass is 361 g/mol. The summed E-state index contributed by atoms with van der Waals surface area (Å²) in [6.45, 7) is 2.90. The molecule has 138 valence electrons. The van der Waals surface area contributed by atoms with Gasteiger partial charge in [-0.05, 0) is 37.3 Å². The van der Waals surface area contributed by atoms with Gasteiger partial charge in [-0.15, -0.1) is 0 Å². The van der Waals surface area contributed by atoms with Gasteiger partial charge in [0.15, 0.2) is 0 Å². The topological polar surface area (TPSA) is 61.4 Å². The van der Waals surface area contributed by atoms with Crippen molar-refractivity contribution in [2.24, 2.45) is 0 Å². The number of benzene rings is 2. The molecule has 2 aromatic carbocycles. The highest BCUT2D eigenvalue weighted by Crippen LogP contribution is 2.18. The Morgan fingerprint density at radius 1 is 1.12 bits per heavy atom. The van der Waals surface area contributed by atoms with Crippen LogP contribution in [0.1, 0.15) is 23.7 Å². The van der Waals surface area contributed by atoms with Crippen molar-refractivity contribution in [2.75, 3.05) is 30.4 Å². The number of rotatable bonds is 7. The summed E-state index contributed by atoms with van der Waals surface area (Å²) >= 11 is 0. The molecular weight excluding hydrogens is 340 g/mol. The molecule has 5 nitrogen and oxygen atoms in total. The molecule has 7 heteroatoms. The fourth-order valence-electron chi connectivity index (χ4n) is 2.29. The first-order valence-corrected chi connectivity index (χ1v) is 8.25. The van der Waals surface area contributed by atoms with Crippen molar-refractivity contribution in [1.29, 1.82) is 0 Å². The molecule has 0 radical (unpaired) electrons. The quantitative estimate of drug-likeness (QED) is 0.796. The van der Waals surface area contributed by atoms with Crippen LogP contribution in [0.15, 0.2) is 42.5 Å². The maximum atomic E-state index is 13.5. The number of nitrogens with one attached hydrogen (secondary N) is 2. The number of nitrogens with zero attached hydrogens (tertiary/aromatic N) is 1. The smallest absolute Gasteiger partial charge is 0.254 e. The van der Waals surface area contributed by atoms with Crippen molar-refractivity contribution in [3.05, 3.63) is 59.7 Å². The van der Waals surface area contributed by atoms with Gasteiger partial charge < -0.3 is 15.5 Å². The van der Waals surface area contributed by atoms with Crippen LogP contribution in [0.5, 0.6) is 0 Å². The largest absolute Gasteiger partial charge is 0.375 e. The molecule has 0 bridgehead atoms. The molecule has 2 aromatic rings. The Labute approximate surface area is 151 Å². The summed E-state index contributed by atoms with van der Waals surface area (Å²) < 4.78 is 26.4. The first kappa shape index (κ1) is 19.4. The molecule has 0 aromatic heterocycles. The zero-order chi connectivity index (χ0) is 19.1. The Balaban J connectivity index is 1.84. The van der Waals surface area contributed by atoms with Crippen LogP contribution >= 0.6 is 0 Å². The predicted octanol–water partition coefficient (Wildman–Crippen LogP) is 3.18. The van der Waals surface area contributed by atoms with E-state index in [9.17, 15) is 18.4 Å². The number of amides is 2. The maximum absolute atomic E-state index is 13.5. The first-order chi connectivity index (χ1) is 12.4. The van der Waals surface area contributed by atoms with E-state index < -0.39 is 17.5 Å². The molecule has 0 fully saturated rings. The Hall–Kier alpha value is -2.96. The number of anilines is 2. The number of carbonyl (C=O) groups excluding carboxylic acids is 2. The Morgan fingerprint density at radius 3 is 2.58 bits per heavy atom. The van der Waals surface area contributed by atoms with E-state index in [1.54, 1.807) is 6.07 Å². The zero-order valence-electron chi connectivity index (χ0n) is 14.7. The molecule has 2 N–H and O–H groups in total. The number of halogens is 2. The van der Waals surface area contributed by atoms with Crippen molar-refractivity contribution in [2.45, 2.75) is 13.3 Å². The number of carbonyl (C=O) groups is 2. The second-order valence-corrected chi connectivity index (χ2v) is 5.74.